The van der Waals surface area contributed by atoms with E-state index in [9.17, 15) is 14.4 Å². The van der Waals surface area contributed by atoms with Crippen molar-refractivity contribution < 1.29 is 29.0 Å². The van der Waals surface area contributed by atoms with Crippen LogP contribution in [0.1, 0.15) is 65.9 Å². The molecule has 2 aromatic rings. The zero-order valence-electron chi connectivity index (χ0n) is 20.8. The summed E-state index contributed by atoms with van der Waals surface area (Å²) in [7, 11) is 3.54. The van der Waals surface area contributed by atoms with Crippen LogP contribution in [0.3, 0.4) is 0 Å². The van der Waals surface area contributed by atoms with Gasteiger partial charge in [-0.15, -0.1) is 0 Å². The first-order valence-electron chi connectivity index (χ1n) is 12.4. The molecule has 1 aliphatic heterocycles. The highest BCUT2D eigenvalue weighted by atomic mass is 79.9. The minimum Gasteiger partial charge on any atom is -0.493 e. The molecule has 0 saturated heterocycles. The van der Waals surface area contributed by atoms with Crippen molar-refractivity contribution in [2.75, 3.05) is 14.2 Å². The lowest BCUT2D eigenvalue weighted by Gasteiger charge is -2.42. The lowest BCUT2D eigenvalue weighted by atomic mass is 9.71. The maximum atomic E-state index is 13.2. The maximum Gasteiger partial charge on any atom is 0.335 e. The fourth-order valence-electron chi connectivity index (χ4n) is 5.63. The first kappa shape index (κ1) is 25.3. The quantitative estimate of drug-likeness (QED) is 0.474. The standard InChI is InChI=1S/C29H28BrNO6/c1-31-20-5-3-7-22(32)26(20)25(27-21(31)6-4-8-23(27)33)18-13-19(30)28(24(14-18)36-2)37-15-16-9-11-17(12-10-16)29(34)35/h9-14,25H,3-8,15H2,1-2H3,(H,34,35). The highest BCUT2D eigenvalue weighted by Crippen LogP contribution is 2.50. The number of ether oxygens (including phenoxy) is 2. The van der Waals surface area contributed by atoms with E-state index in [0.717, 1.165) is 59.4 Å². The molecule has 7 nitrogen and oxygen atoms in total. The number of ketones is 2. The van der Waals surface area contributed by atoms with Gasteiger partial charge in [-0.3, -0.25) is 9.59 Å². The van der Waals surface area contributed by atoms with Crippen LogP contribution in [-0.2, 0) is 16.2 Å². The van der Waals surface area contributed by atoms with Gasteiger partial charge in [0.15, 0.2) is 23.1 Å². The molecule has 3 aliphatic rings. The normalized spacial score (nSPS) is 18.1. The number of allylic oxidation sites excluding steroid dienone is 4. The van der Waals surface area contributed by atoms with E-state index in [1.807, 2.05) is 19.2 Å². The Morgan fingerprint density at radius 1 is 1.00 bits per heavy atom. The van der Waals surface area contributed by atoms with E-state index < -0.39 is 11.9 Å². The molecule has 1 N–H and O–H groups in total. The molecule has 2 aliphatic carbocycles. The Bertz CT molecular complexity index is 1310. The minimum absolute atomic E-state index is 0.100. The number of benzene rings is 2. The molecule has 1 heterocycles. The lowest BCUT2D eigenvalue weighted by Crippen LogP contribution is -2.37. The van der Waals surface area contributed by atoms with Gasteiger partial charge in [0.25, 0.3) is 0 Å². The van der Waals surface area contributed by atoms with Crippen LogP contribution in [0.5, 0.6) is 11.5 Å². The first-order valence-corrected chi connectivity index (χ1v) is 13.2. The number of methoxy groups -OCH3 is 1. The Hall–Kier alpha value is -3.39. The van der Waals surface area contributed by atoms with Crippen molar-refractivity contribution in [2.24, 2.45) is 0 Å². The highest BCUT2D eigenvalue weighted by molar-refractivity contribution is 9.10. The summed E-state index contributed by atoms with van der Waals surface area (Å²) in [5, 5.41) is 9.11. The minimum atomic E-state index is -0.981. The molecule has 192 valence electrons. The predicted molar refractivity (Wildman–Crippen MR) is 141 cm³/mol. The van der Waals surface area contributed by atoms with Crippen molar-refractivity contribution in [1.82, 2.24) is 4.90 Å². The molecule has 0 atom stereocenters. The third-order valence-corrected chi connectivity index (χ3v) is 8.00. The molecule has 0 fully saturated rings. The third kappa shape index (κ3) is 4.59. The maximum absolute atomic E-state index is 13.2. The first-order chi connectivity index (χ1) is 17.8. The van der Waals surface area contributed by atoms with E-state index in [2.05, 4.69) is 20.8 Å². The van der Waals surface area contributed by atoms with Crippen molar-refractivity contribution in [2.45, 2.75) is 51.0 Å². The Balaban J connectivity index is 1.53. The van der Waals surface area contributed by atoms with Gasteiger partial charge in [0.2, 0.25) is 0 Å². The topological polar surface area (TPSA) is 93.1 Å². The summed E-state index contributed by atoms with van der Waals surface area (Å²) in [5.74, 6) is -0.224. The summed E-state index contributed by atoms with van der Waals surface area (Å²) in [6, 6.07) is 10.3. The number of rotatable bonds is 6. The molecule has 0 radical (unpaired) electrons. The van der Waals surface area contributed by atoms with E-state index in [1.54, 1.807) is 19.2 Å². The van der Waals surface area contributed by atoms with Gasteiger partial charge in [-0.1, -0.05) is 12.1 Å². The SMILES string of the molecule is COc1cc(C2C3=C(CCCC3=O)N(C)C3=C2C(=O)CCC3)cc(Br)c1OCc1ccc(C(=O)O)cc1. The molecule has 0 spiro atoms. The van der Waals surface area contributed by atoms with Gasteiger partial charge in [0.1, 0.15) is 6.61 Å². The number of hydrogen-bond donors (Lipinski definition) is 1. The van der Waals surface area contributed by atoms with Gasteiger partial charge in [0.05, 0.1) is 17.1 Å². The van der Waals surface area contributed by atoms with Crippen LogP contribution in [0.25, 0.3) is 0 Å². The molecular formula is C29H28BrNO6. The number of carboxylic acid groups (broad SMARTS) is 1. The van der Waals surface area contributed by atoms with Crippen molar-refractivity contribution in [3.05, 3.63) is 80.1 Å². The summed E-state index contributed by atoms with van der Waals surface area (Å²) < 4.78 is 12.4. The van der Waals surface area contributed by atoms with Crippen molar-refractivity contribution in [3.63, 3.8) is 0 Å². The van der Waals surface area contributed by atoms with E-state index >= 15 is 0 Å². The largest absolute Gasteiger partial charge is 0.493 e. The molecule has 2 aromatic carbocycles. The summed E-state index contributed by atoms with van der Waals surface area (Å²) in [6.07, 6.45) is 4.25. The van der Waals surface area contributed by atoms with E-state index in [4.69, 9.17) is 14.6 Å². The Labute approximate surface area is 223 Å². The average Bonchev–Trinajstić information content (AvgIpc) is 2.89. The highest BCUT2D eigenvalue weighted by Gasteiger charge is 2.42. The second kappa shape index (κ2) is 10.2. The number of Topliss-reactive ketones (excluding diaryl/α,β-unsaturated/α-hetero) is 2. The molecule has 0 saturated carbocycles. The summed E-state index contributed by atoms with van der Waals surface area (Å²) in [4.78, 5) is 39.7. The fraction of sp³-hybridized carbons (Fsp3) is 0.345. The second-order valence-electron chi connectivity index (χ2n) is 9.59. The lowest BCUT2D eigenvalue weighted by molar-refractivity contribution is -0.117. The number of carbonyl (C=O) groups is 3. The van der Waals surface area contributed by atoms with Crippen molar-refractivity contribution in [3.8, 4) is 11.5 Å². The Morgan fingerprint density at radius 3 is 2.14 bits per heavy atom. The monoisotopic (exact) mass is 565 g/mol. The zero-order valence-corrected chi connectivity index (χ0v) is 22.4. The molecule has 0 aromatic heterocycles. The number of halogens is 1. The summed E-state index contributed by atoms with van der Waals surface area (Å²) in [6.45, 7) is 0.212. The number of hydrogen-bond acceptors (Lipinski definition) is 6. The molecule has 8 heteroatoms. The van der Waals surface area contributed by atoms with Crippen LogP contribution in [0, 0.1) is 0 Å². The molecule has 0 unspecified atom stereocenters. The number of carboxylic acids is 1. The summed E-state index contributed by atoms with van der Waals surface area (Å²) >= 11 is 3.63. The number of carbonyl (C=O) groups excluding carboxylic acids is 2. The van der Waals surface area contributed by atoms with Crippen LogP contribution < -0.4 is 9.47 Å². The third-order valence-electron chi connectivity index (χ3n) is 7.41. The second-order valence-corrected chi connectivity index (χ2v) is 10.4. The Morgan fingerprint density at radius 2 is 1.59 bits per heavy atom. The number of nitrogens with zero attached hydrogens (tertiary/aromatic N) is 1. The van der Waals surface area contributed by atoms with Crippen LogP contribution in [0.15, 0.2) is 63.4 Å². The molecule has 0 bridgehead atoms. The molecule has 0 amide bonds. The van der Waals surface area contributed by atoms with Gasteiger partial charge >= 0.3 is 5.97 Å². The molecular weight excluding hydrogens is 538 g/mol. The number of aromatic carboxylic acids is 1. The molecule has 37 heavy (non-hydrogen) atoms. The van der Waals surface area contributed by atoms with Crippen molar-refractivity contribution >= 4 is 33.5 Å². The van der Waals surface area contributed by atoms with Crippen LogP contribution >= 0.6 is 15.9 Å². The van der Waals surface area contributed by atoms with Crippen LogP contribution in [-0.4, -0.2) is 41.7 Å². The van der Waals surface area contributed by atoms with Gasteiger partial charge < -0.3 is 19.5 Å². The predicted octanol–water partition coefficient (Wildman–Crippen LogP) is 5.78. The van der Waals surface area contributed by atoms with Crippen LogP contribution in [0.2, 0.25) is 0 Å². The van der Waals surface area contributed by atoms with Gasteiger partial charge in [-0.05, 0) is 77.0 Å². The van der Waals surface area contributed by atoms with Crippen molar-refractivity contribution in [1.29, 1.82) is 0 Å². The molecule has 5 rings (SSSR count). The van der Waals surface area contributed by atoms with Crippen LogP contribution in [0.4, 0.5) is 0 Å². The van der Waals surface area contributed by atoms with E-state index in [-0.39, 0.29) is 23.7 Å². The van der Waals surface area contributed by atoms with Gasteiger partial charge in [-0.2, -0.15) is 0 Å². The zero-order chi connectivity index (χ0) is 26.3. The Kier molecular flexibility index (Phi) is 6.94. The average molecular weight is 566 g/mol. The van der Waals surface area contributed by atoms with Gasteiger partial charge in [0, 0.05) is 48.3 Å². The smallest absolute Gasteiger partial charge is 0.335 e. The van der Waals surface area contributed by atoms with Gasteiger partial charge in [-0.25, -0.2) is 4.79 Å². The fourth-order valence-corrected chi connectivity index (χ4v) is 6.21. The van der Waals surface area contributed by atoms with E-state index in [0.29, 0.717) is 28.8 Å². The van der Waals surface area contributed by atoms with E-state index in [1.165, 1.54) is 12.1 Å². The summed E-state index contributed by atoms with van der Waals surface area (Å²) in [5.41, 5.74) is 5.34.